The van der Waals surface area contributed by atoms with E-state index in [1.165, 1.54) is 0 Å². The third-order valence-electron chi connectivity index (χ3n) is 3.33. The van der Waals surface area contributed by atoms with E-state index >= 15 is 0 Å². The molecule has 0 aromatic carbocycles. The molecular formula is C14H25NO5. The number of aliphatic carboxylic acids is 1. The second kappa shape index (κ2) is 9.72. The molecule has 1 amide bonds. The van der Waals surface area contributed by atoms with Crippen LogP contribution in [0.4, 0.5) is 0 Å². The molecule has 1 saturated heterocycles. The minimum absolute atomic E-state index is 0.159. The number of carboxylic acids is 1. The molecule has 2 N–H and O–H groups in total. The van der Waals surface area contributed by atoms with Crippen molar-refractivity contribution < 1.29 is 24.2 Å². The summed E-state index contributed by atoms with van der Waals surface area (Å²) in [6.45, 7) is 3.73. The molecule has 20 heavy (non-hydrogen) atoms. The second-order valence-corrected chi connectivity index (χ2v) is 5.03. The van der Waals surface area contributed by atoms with Gasteiger partial charge >= 0.3 is 5.97 Å². The number of amides is 1. The lowest BCUT2D eigenvalue weighted by Crippen LogP contribution is -2.41. The first-order valence-electron chi connectivity index (χ1n) is 7.35. The average molecular weight is 287 g/mol. The normalized spacial score (nSPS) is 17.6. The Morgan fingerprint density at radius 1 is 1.40 bits per heavy atom. The Balaban J connectivity index is 2.18. The van der Waals surface area contributed by atoms with Gasteiger partial charge in [-0.25, -0.2) is 4.79 Å². The van der Waals surface area contributed by atoms with Crippen molar-refractivity contribution in [1.29, 1.82) is 0 Å². The molecule has 0 spiro atoms. The minimum atomic E-state index is -0.975. The molecule has 1 aliphatic heterocycles. The summed E-state index contributed by atoms with van der Waals surface area (Å²) in [7, 11) is 0. The second-order valence-electron chi connectivity index (χ2n) is 5.03. The molecule has 116 valence electrons. The van der Waals surface area contributed by atoms with Gasteiger partial charge in [-0.05, 0) is 19.3 Å². The largest absolute Gasteiger partial charge is 0.480 e. The Kier molecular flexibility index (Phi) is 8.22. The van der Waals surface area contributed by atoms with Gasteiger partial charge in [0.2, 0.25) is 5.91 Å². The van der Waals surface area contributed by atoms with E-state index in [2.05, 4.69) is 5.32 Å². The quantitative estimate of drug-likeness (QED) is 0.668. The highest BCUT2D eigenvalue weighted by Crippen LogP contribution is 2.10. The number of ether oxygens (including phenoxy) is 2. The zero-order valence-electron chi connectivity index (χ0n) is 12.1. The number of rotatable bonds is 9. The van der Waals surface area contributed by atoms with Crippen molar-refractivity contribution in [3.8, 4) is 0 Å². The highest BCUT2D eigenvalue weighted by molar-refractivity contribution is 5.83. The molecule has 1 unspecified atom stereocenters. The van der Waals surface area contributed by atoms with Gasteiger partial charge in [-0.1, -0.05) is 19.8 Å². The first kappa shape index (κ1) is 16.9. The summed E-state index contributed by atoms with van der Waals surface area (Å²) < 4.78 is 10.8. The lowest BCUT2D eigenvalue weighted by Gasteiger charge is -2.22. The lowest BCUT2D eigenvalue weighted by atomic mass is 10.1. The fourth-order valence-corrected chi connectivity index (χ4v) is 2.09. The van der Waals surface area contributed by atoms with E-state index in [1.54, 1.807) is 0 Å². The van der Waals surface area contributed by atoms with Crippen LogP contribution < -0.4 is 5.32 Å². The Morgan fingerprint density at radius 2 is 2.10 bits per heavy atom. The first-order valence-corrected chi connectivity index (χ1v) is 7.35. The minimum Gasteiger partial charge on any atom is -0.480 e. The highest BCUT2D eigenvalue weighted by Gasteiger charge is 2.19. The maximum atomic E-state index is 11.7. The molecule has 1 rings (SSSR count). The number of carbonyl (C=O) groups excluding carboxylic acids is 1. The van der Waals surface area contributed by atoms with Crippen molar-refractivity contribution >= 4 is 11.9 Å². The van der Waals surface area contributed by atoms with Crippen LogP contribution in [0.3, 0.4) is 0 Å². The van der Waals surface area contributed by atoms with Crippen LogP contribution in [0.5, 0.6) is 0 Å². The molecular weight excluding hydrogens is 262 g/mol. The maximum absolute atomic E-state index is 11.7. The molecule has 1 heterocycles. The van der Waals surface area contributed by atoms with Gasteiger partial charge in [-0.3, -0.25) is 4.79 Å². The molecule has 0 aromatic heterocycles. The van der Waals surface area contributed by atoms with Crippen molar-refractivity contribution in [3.05, 3.63) is 0 Å². The number of hydrogen-bond acceptors (Lipinski definition) is 4. The smallest absolute Gasteiger partial charge is 0.326 e. The van der Waals surface area contributed by atoms with E-state index in [0.717, 1.165) is 25.7 Å². The zero-order valence-corrected chi connectivity index (χ0v) is 12.1. The number of hydrogen-bond donors (Lipinski definition) is 2. The average Bonchev–Trinajstić information content (AvgIpc) is 2.44. The fourth-order valence-electron chi connectivity index (χ4n) is 2.09. The molecule has 6 heteroatoms. The van der Waals surface area contributed by atoms with E-state index in [9.17, 15) is 9.59 Å². The van der Waals surface area contributed by atoms with Gasteiger partial charge in [0.15, 0.2) is 0 Å². The Hall–Kier alpha value is -1.14. The zero-order chi connectivity index (χ0) is 14.8. The SMILES string of the molecule is CCCCC(NC(=O)CCOC1CCOCC1)C(=O)O. The third kappa shape index (κ3) is 6.86. The van der Waals surface area contributed by atoms with E-state index in [-0.39, 0.29) is 18.4 Å². The molecule has 0 bridgehead atoms. The van der Waals surface area contributed by atoms with E-state index in [4.69, 9.17) is 14.6 Å². The van der Waals surface area contributed by atoms with Crippen LogP contribution in [-0.4, -0.2) is 48.9 Å². The van der Waals surface area contributed by atoms with Crippen LogP contribution in [0, 0.1) is 0 Å². The topological polar surface area (TPSA) is 84.9 Å². The van der Waals surface area contributed by atoms with Gasteiger partial charge in [0.05, 0.1) is 12.7 Å². The molecule has 1 atom stereocenters. The van der Waals surface area contributed by atoms with Gasteiger partial charge < -0.3 is 19.9 Å². The predicted molar refractivity (Wildman–Crippen MR) is 73.5 cm³/mol. The van der Waals surface area contributed by atoms with Crippen LogP contribution >= 0.6 is 0 Å². The Labute approximate surface area is 119 Å². The molecule has 0 radical (unpaired) electrons. The third-order valence-corrected chi connectivity index (χ3v) is 3.33. The summed E-state index contributed by atoms with van der Waals surface area (Å²) in [5.41, 5.74) is 0. The highest BCUT2D eigenvalue weighted by atomic mass is 16.5. The summed E-state index contributed by atoms with van der Waals surface area (Å²) in [5, 5.41) is 11.6. The van der Waals surface area contributed by atoms with Gasteiger partial charge in [-0.2, -0.15) is 0 Å². The van der Waals surface area contributed by atoms with Gasteiger partial charge in [0.25, 0.3) is 0 Å². The number of unbranched alkanes of at least 4 members (excludes halogenated alkanes) is 1. The summed E-state index contributed by atoms with van der Waals surface area (Å²) in [6, 6.07) is -0.787. The fraction of sp³-hybridized carbons (Fsp3) is 0.857. The van der Waals surface area contributed by atoms with E-state index in [0.29, 0.717) is 26.2 Å². The van der Waals surface area contributed by atoms with Crippen LogP contribution in [0.15, 0.2) is 0 Å². The molecule has 0 aromatic rings. The molecule has 0 aliphatic carbocycles. The van der Waals surface area contributed by atoms with Crippen molar-refractivity contribution in [1.82, 2.24) is 5.32 Å². The molecule has 0 saturated carbocycles. The Morgan fingerprint density at radius 3 is 2.70 bits per heavy atom. The number of carboxylic acid groups (broad SMARTS) is 1. The van der Waals surface area contributed by atoms with Crippen LogP contribution in [0.25, 0.3) is 0 Å². The van der Waals surface area contributed by atoms with E-state index < -0.39 is 12.0 Å². The lowest BCUT2D eigenvalue weighted by molar-refractivity contribution is -0.142. The van der Waals surface area contributed by atoms with Crippen molar-refractivity contribution in [2.45, 2.75) is 57.6 Å². The standard InChI is InChI=1S/C14H25NO5/c1-2-3-4-12(14(17)18)15-13(16)7-10-20-11-5-8-19-9-6-11/h11-12H,2-10H2,1H3,(H,15,16)(H,17,18). The van der Waals surface area contributed by atoms with Crippen molar-refractivity contribution in [3.63, 3.8) is 0 Å². The van der Waals surface area contributed by atoms with Crippen LogP contribution in [0.1, 0.15) is 45.4 Å². The summed E-state index contributed by atoms with van der Waals surface area (Å²) >= 11 is 0. The summed E-state index contributed by atoms with van der Waals surface area (Å²) in [5.74, 6) is -1.24. The molecule has 6 nitrogen and oxygen atoms in total. The van der Waals surface area contributed by atoms with Crippen LogP contribution in [0.2, 0.25) is 0 Å². The monoisotopic (exact) mass is 287 g/mol. The predicted octanol–water partition coefficient (Wildman–Crippen LogP) is 1.33. The van der Waals surface area contributed by atoms with E-state index in [1.807, 2.05) is 6.92 Å². The van der Waals surface area contributed by atoms with Gasteiger partial charge in [0, 0.05) is 19.6 Å². The van der Waals surface area contributed by atoms with Gasteiger partial charge in [0.1, 0.15) is 6.04 Å². The number of nitrogens with one attached hydrogen (secondary N) is 1. The molecule has 1 fully saturated rings. The first-order chi connectivity index (χ1) is 9.63. The molecule has 1 aliphatic rings. The maximum Gasteiger partial charge on any atom is 0.326 e. The van der Waals surface area contributed by atoms with Gasteiger partial charge in [-0.15, -0.1) is 0 Å². The number of carbonyl (C=O) groups is 2. The van der Waals surface area contributed by atoms with Crippen molar-refractivity contribution in [2.75, 3.05) is 19.8 Å². The Bertz CT molecular complexity index is 302. The summed E-state index contributed by atoms with van der Waals surface area (Å²) in [6.07, 6.45) is 4.24. The van der Waals surface area contributed by atoms with Crippen molar-refractivity contribution in [2.24, 2.45) is 0 Å². The van der Waals surface area contributed by atoms with Crippen LogP contribution in [-0.2, 0) is 19.1 Å². The summed E-state index contributed by atoms with van der Waals surface area (Å²) in [4.78, 5) is 22.7.